The van der Waals surface area contributed by atoms with Crippen molar-refractivity contribution in [2.45, 2.75) is 51.5 Å². The molecule has 0 aliphatic heterocycles. The third-order valence-electron chi connectivity index (χ3n) is 4.69. The van der Waals surface area contributed by atoms with E-state index >= 15 is 0 Å². The molecule has 1 aromatic rings. The Bertz CT molecular complexity index is 444. The van der Waals surface area contributed by atoms with E-state index in [4.69, 9.17) is 10.6 Å². The molecule has 1 atom stereocenters. The summed E-state index contributed by atoms with van der Waals surface area (Å²) in [6.45, 7) is 2.37. The number of hydrogen-bond donors (Lipinski definition) is 2. The van der Waals surface area contributed by atoms with E-state index in [0.29, 0.717) is 11.5 Å². The second-order valence-electron chi connectivity index (χ2n) is 6.11. The Morgan fingerprint density at radius 1 is 1.35 bits per heavy atom. The van der Waals surface area contributed by atoms with Crippen LogP contribution in [0.25, 0.3) is 0 Å². The molecule has 0 heterocycles. The first-order chi connectivity index (χ1) is 9.59. The van der Waals surface area contributed by atoms with Crippen LogP contribution in [0.1, 0.15) is 44.6 Å². The molecule has 0 spiro atoms. The van der Waals surface area contributed by atoms with Gasteiger partial charge in [0.25, 0.3) is 0 Å². The van der Waals surface area contributed by atoms with Crippen molar-refractivity contribution >= 4 is 15.9 Å². The normalized spacial score (nSPS) is 19.6. The first-order valence-corrected chi connectivity index (χ1v) is 8.17. The average molecular weight is 341 g/mol. The van der Waals surface area contributed by atoms with Crippen molar-refractivity contribution in [1.82, 2.24) is 5.43 Å². The van der Waals surface area contributed by atoms with Crippen LogP contribution in [0.15, 0.2) is 22.7 Å². The molecule has 0 amide bonds. The number of hydrazine groups is 1. The van der Waals surface area contributed by atoms with Crippen LogP contribution in [0.2, 0.25) is 0 Å². The van der Waals surface area contributed by atoms with Gasteiger partial charge in [-0.05, 0) is 58.3 Å². The van der Waals surface area contributed by atoms with Crippen molar-refractivity contribution in [3.8, 4) is 5.75 Å². The van der Waals surface area contributed by atoms with E-state index in [1.807, 2.05) is 6.07 Å². The second-order valence-corrected chi connectivity index (χ2v) is 6.96. The lowest BCUT2D eigenvalue weighted by molar-refractivity contribution is 0.144. The third kappa shape index (κ3) is 3.54. The van der Waals surface area contributed by atoms with Crippen LogP contribution in [0.4, 0.5) is 0 Å². The Kier molecular flexibility index (Phi) is 5.47. The lowest BCUT2D eigenvalue weighted by atomic mass is 9.69. The molecule has 3 nitrogen and oxygen atoms in total. The van der Waals surface area contributed by atoms with Crippen molar-refractivity contribution in [2.24, 2.45) is 11.3 Å². The maximum absolute atomic E-state index is 5.84. The summed E-state index contributed by atoms with van der Waals surface area (Å²) in [5.41, 5.74) is 4.65. The molecule has 1 aliphatic rings. The van der Waals surface area contributed by atoms with Crippen molar-refractivity contribution < 1.29 is 4.74 Å². The lowest BCUT2D eigenvalue weighted by Crippen LogP contribution is -2.49. The van der Waals surface area contributed by atoms with Gasteiger partial charge in [0.1, 0.15) is 5.75 Å². The van der Waals surface area contributed by atoms with Gasteiger partial charge in [-0.2, -0.15) is 0 Å². The van der Waals surface area contributed by atoms with Crippen molar-refractivity contribution in [3.63, 3.8) is 0 Å². The highest BCUT2D eigenvalue weighted by Crippen LogP contribution is 2.40. The highest BCUT2D eigenvalue weighted by atomic mass is 79.9. The first kappa shape index (κ1) is 15.8. The number of hydrogen-bond acceptors (Lipinski definition) is 3. The van der Waals surface area contributed by atoms with Crippen LogP contribution in [-0.4, -0.2) is 13.2 Å². The fraction of sp³-hybridized carbons (Fsp3) is 0.625. The number of benzene rings is 1. The largest absolute Gasteiger partial charge is 0.496 e. The van der Waals surface area contributed by atoms with Gasteiger partial charge in [0.15, 0.2) is 0 Å². The topological polar surface area (TPSA) is 47.3 Å². The monoisotopic (exact) mass is 340 g/mol. The van der Waals surface area contributed by atoms with E-state index in [1.54, 1.807) is 7.11 Å². The quantitative estimate of drug-likeness (QED) is 0.633. The van der Waals surface area contributed by atoms with E-state index in [1.165, 1.54) is 37.7 Å². The minimum Gasteiger partial charge on any atom is -0.496 e. The zero-order chi connectivity index (χ0) is 14.6. The zero-order valence-corrected chi connectivity index (χ0v) is 14.0. The summed E-state index contributed by atoms with van der Waals surface area (Å²) >= 11 is 3.55. The van der Waals surface area contributed by atoms with Gasteiger partial charge >= 0.3 is 0 Å². The molecule has 1 aliphatic carbocycles. The van der Waals surface area contributed by atoms with E-state index in [-0.39, 0.29) is 0 Å². The molecule has 0 bridgehead atoms. The van der Waals surface area contributed by atoms with Gasteiger partial charge in [0, 0.05) is 6.04 Å². The molecule has 1 saturated carbocycles. The van der Waals surface area contributed by atoms with Crippen LogP contribution in [0.5, 0.6) is 5.75 Å². The third-order valence-corrected chi connectivity index (χ3v) is 5.31. The van der Waals surface area contributed by atoms with Crippen molar-refractivity contribution in [1.29, 1.82) is 0 Å². The highest BCUT2D eigenvalue weighted by Gasteiger charge is 2.34. The number of methoxy groups -OCH3 is 1. The van der Waals surface area contributed by atoms with Crippen molar-refractivity contribution in [3.05, 3.63) is 28.2 Å². The summed E-state index contributed by atoms with van der Waals surface area (Å²) in [6, 6.07) is 6.59. The average Bonchev–Trinajstić information content (AvgIpc) is 2.45. The number of rotatable bonds is 5. The van der Waals surface area contributed by atoms with E-state index < -0.39 is 0 Å². The van der Waals surface area contributed by atoms with Crippen molar-refractivity contribution in [2.75, 3.05) is 7.11 Å². The van der Waals surface area contributed by atoms with Gasteiger partial charge in [0.05, 0.1) is 11.6 Å². The van der Waals surface area contributed by atoms with Crippen LogP contribution < -0.4 is 16.0 Å². The molecule has 1 fully saturated rings. The number of nitrogens with one attached hydrogen (secondary N) is 1. The summed E-state index contributed by atoms with van der Waals surface area (Å²) in [6.07, 6.45) is 7.48. The molecule has 3 N–H and O–H groups in total. The van der Waals surface area contributed by atoms with Gasteiger partial charge in [-0.1, -0.05) is 32.3 Å². The standard InChI is InChI=1S/C16H25BrN2O/c1-16(8-4-3-5-9-16)15(19-18)11-12-6-7-14(20-2)13(17)10-12/h6-7,10,15,19H,3-5,8-9,11,18H2,1-2H3. The predicted octanol–water partition coefficient (Wildman–Crippen LogP) is 3.80. The Morgan fingerprint density at radius 2 is 2.05 bits per heavy atom. The Balaban J connectivity index is 2.11. The van der Waals surface area contributed by atoms with Crippen LogP contribution in [0.3, 0.4) is 0 Å². The molecular weight excluding hydrogens is 316 g/mol. The molecule has 4 heteroatoms. The van der Waals surface area contributed by atoms with Crippen LogP contribution >= 0.6 is 15.9 Å². The molecule has 0 saturated heterocycles. The fourth-order valence-corrected chi connectivity index (χ4v) is 3.88. The smallest absolute Gasteiger partial charge is 0.133 e. The SMILES string of the molecule is COc1ccc(CC(NN)C2(C)CCCCC2)cc1Br. The summed E-state index contributed by atoms with van der Waals surface area (Å²) in [5.74, 6) is 6.71. The number of halogens is 1. The molecule has 20 heavy (non-hydrogen) atoms. The summed E-state index contributed by atoms with van der Waals surface area (Å²) in [5, 5.41) is 0. The maximum Gasteiger partial charge on any atom is 0.133 e. The van der Waals surface area contributed by atoms with Gasteiger partial charge in [-0.3, -0.25) is 11.3 Å². The summed E-state index contributed by atoms with van der Waals surface area (Å²) < 4.78 is 6.28. The Hall–Kier alpha value is -0.580. The lowest BCUT2D eigenvalue weighted by Gasteiger charge is -2.40. The number of ether oxygens (including phenoxy) is 1. The first-order valence-electron chi connectivity index (χ1n) is 7.37. The Labute approximate surface area is 130 Å². The Morgan fingerprint density at radius 3 is 2.60 bits per heavy atom. The fourth-order valence-electron chi connectivity index (χ4n) is 3.29. The molecule has 0 aromatic heterocycles. The van der Waals surface area contributed by atoms with E-state index in [0.717, 1.165) is 16.6 Å². The second kappa shape index (κ2) is 6.92. The molecular formula is C16H25BrN2O. The highest BCUT2D eigenvalue weighted by molar-refractivity contribution is 9.10. The van der Waals surface area contributed by atoms with Crippen LogP contribution in [0, 0.1) is 5.41 Å². The maximum atomic E-state index is 5.84. The number of nitrogens with two attached hydrogens (primary N) is 1. The van der Waals surface area contributed by atoms with E-state index in [9.17, 15) is 0 Å². The minimum absolute atomic E-state index is 0.305. The van der Waals surface area contributed by atoms with E-state index in [2.05, 4.69) is 40.4 Å². The van der Waals surface area contributed by atoms with Gasteiger partial charge in [-0.15, -0.1) is 0 Å². The molecule has 2 rings (SSSR count). The van der Waals surface area contributed by atoms with Gasteiger partial charge in [0.2, 0.25) is 0 Å². The molecule has 1 aromatic carbocycles. The molecule has 112 valence electrons. The molecule has 1 unspecified atom stereocenters. The summed E-state index contributed by atoms with van der Waals surface area (Å²) in [4.78, 5) is 0. The zero-order valence-electron chi connectivity index (χ0n) is 12.4. The van der Waals surface area contributed by atoms with Gasteiger partial charge in [-0.25, -0.2) is 0 Å². The minimum atomic E-state index is 0.305. The summed E-state index contributed by atoms with van der Waals surface area (Å²) in [7, 11) is 1.69. The predicted molar refractivity (Wildman–Crippen MR) is 86.7 cm³/mol. The molecule has 0 radical (unpaired) electrons. The van der Waals surface area contributed by atoms with Crippen LogP contribution in [-0.2, 0) is 6.42 Å². The van der Waals surface area contributed by atoms with Gasteiger partial charge < -0.3 is 4.74 Å².